The van der Waals surface area contributed by atoms with Gasteiger partial charge in [0.2, 0.25) is 0 Å². The Kier molecular flexibility index (Phi) is 7.07. The zero-order chi connectivity index (χ0) is 20.1. The van der Waals surface area contributed by atoms with Crippen LogP contribution in [-0.4, -0.2) is 4.57 Å². The van der Waals surface area contributed by atoms with Crippen LogP contribution in [0.3, 0.4) is 0 Å². The first-order valence-corrected chi connectivity index (χ1v) is 10.4. The highest BCUT2D eigenvalue weighted by Gasteiger charge is 2.19. The van der Waals surface area contributed by atoms with E-state index in [-0.39, 0.29) is 0 Å². The van der Waals surface area contributed by atoms with E-state index < -0.39 is 0 Å². The summed E-state index contributed by atoms with van der Waals surface area (Å²) >= 11 is 0. The van der Waals surface area contributed by atoms with Crippen LogP contribution in [0, 0.1) is 13.8 Å². The van der Waals surface area contributed by atoms with Gasteiger partial charge in [-0.15, -0.1) is 0 Å². The van der Waals surface area contributed by atoms with Crippen LogP contribution in [-0.2, 0) is 13.0 Å². The molecule has 0 bridgehead atoms. The third kappa shape index (κ3) is 3.48. The molecular weight excluding hydrogens is 326 g/mol. The Morgan fingerprint density at radius 2 is 1.74 bits per heavy atom. The number of nitrogens with zero attached hydrogens (tertiary/aromatic N) is 1. The van der Waals surface area contributed by atoms with Gasteiger partial charge in [-0.3, -0.25) is 0 Å². The van der Waals surface area contributed by atoms with E-state index in [2.05, 4.69) is 76.1 Å². The minimum atomic E-state index is 1.05. The molecular formula is C26H35N. The highest BCUT2D eigenvalue weighted by molar-refractivity contribution is 6.13. The molecule has 1 heteroatoms. The summed E-state index contributed by atoms with van der Waals surface area (Å²) in [6.45, 7) is 20.2. The summed E-state index contributed by atoms with van der Waals surface area (Å²) in [4.78, 5) is 0. The van der Waals surface area contributed by atoms with Crippen LogP contribution < -0.4 is 0 Å². The van der Waals surface area contributed by atoms with E-state index in [0.717, 1.165) is 19.4 Å². The number of benzene rings is 2. The van der Waals surface area contributed by atoms with E-state index in [1.54, 1.807) is 0 Å². The SMILES string of the molecule is C=Cc1c(/C=C\C)c(C)c2c(c1C)c1cc(CC)ccc1n2CCC.CC. The number of rotatable bonds is 5. The van der Waals surface area contributed by atoms with Crippen LogP contribution in [0.15, 0.2) is 30.9 Å². The van der Waals surface area contributed by atoms with Crippen molar-refractivity contribution in [3.8, 4) is 0 Å². The van der Waals surface area contributed by atoms with Crippen molar-refractivity contribution in [1.82, 2.24) is 4.57 Å². The highest BCUT2D eigenvalue weighted by Crippen LogP contribution is 2.39. The van der Waals surface area contributed by atoms with Crippen LogP contribution in [0.2, 0.25) is 0 Å². The fourth-order valence-corrected chi connectivity index (χ4v) is 4.16. The fourth-order valence-electron chi connectivity index (χ4n) is 4.16. The molecule has 0 unspecified atom stereocenters. The lowest BCUT2D eigenvalue weighted by Gasteiger charge is -2.15. The van der Waals surface area contributed by atoms with Gasteiger partial charge in [-0.05, 0) is 73.6 Å². The van der Waals surface area contributed by atoms with Crippen LogP contribution in [0.4, 0.5) is 0 Å². The van der Waals surface area contributed by atoms with Crippen molar-refractivity contribution in [1.29, 1.82) is 0 Å². The van der Waals surface area contributed by atoms with Gasteiger partial charge in [0.15, 0.2) is 0 Å². The predicted molar refractivity (Wildman–Crippen MR) is 125 cm³/mol. The molecule has 0 fully saturated rings. The molecule has 0 aliphatic carbocycles. The molecule has 27 heavy (non-hydrogen) atoms. The molecule has 2 aromatic carbocycles. The molecule has 3 aromatic rings. The number of hydrogen-bond acceptors (Lipinski definition) is 0. The summed E-state index contributed by atoms with van der Waals surface area (Å²) in [5.41, 5.74) is 9.42. The second-order valence-corrected chi connectivity index (χ2v) is 6.86. The number of aryl methyl sites for hydroxylation is 4. The summed E-state index contributed by atoms with van der Waals surface area (Å²) in [6, 6.07) is 6.98. The first-order chi connectivity index (χ1) is 13.1. The molecule has 0 saturated carbocycles. The first kappa shape index (κ1) is 21.0. The van der Waals surface area contributed by atoms with E-state index in [4.69, 9.17) is 0 Å². The third-order valence-corrected chi connectivity index (χ3v) is 5.35. The smallest absolute Gasteiger partial charge is 0.0530 e. The highest BCUT2D eigenvalue weighted by atomic mass is 15.0. The van der Waals surface area contributed by atoms with Crippen LogP contribution in [0.1, 0.15) is 68.9 Å². The van der Waals surface area contributed by atoms with Crippen molar-refractivity contribution in [2.45, 2.75) is 67.9 Å². The summed E-state index contributed by atoms with van der Waals surface area (Å²) in [5.74, 6) is 0. The number of aromatic nitrogens is 1. The number of hydrogen-bond donors (Lipinski definition) is 0. The molecule has 1 aromatic heterocycles. The Balaban J connectivity index is 0.00000126. The average molecular weight is 362 g/mol. The van der Waals surface area contributed by atoms with Crippen molar-refractivity contribution in [3.63, 3.8) is 0 Å². The minimum absolute atomic E-state index is 1.05. The molecule has 0 amide bonds. The van der Waals surface area contributed by atoms with E-state index in [1.165, 1.54) is 49.6 Å². The molecule has 0 N–H and O–H groups in total. The second kappa shape index (κ2) is 9.08. The minimum Gasteiger partial charge on any atom is -0.340 e. The largest absolute Gasteiger partial charge is 0.340 e. The van der Waals surface area contributed by atoms with Gasteiger partial charge in [-0.1, -0.05) is 58.6 Å². The standard InChI is InChI=1S/C24H29N.C2H6/c1-7-11-20-17(6)24-23(16(5)19(20)10-4)21-15-18(9-3)12-13-22(21)25(24)14-8-2;1-2/h7,10-13,15H,4,8-9,14H2,1-3,5-6H3;1-2H3/b11-7-;. The predicted octanol–water partition coefficient (Wildman–Crippen LogP) is 8.09. The topological polar surface area (TPSA) is 4.93 Å². The van der Waals surface area contributed by atoms with E-state index in [9.17, 15) is 0 Å². The summed E-state index contributed by atoms with van der Waals surface area (Å²) in [7, 11) is 0. The molecule has 0 aliphatic rings. The van der Waals surface area contributed by atoms with Gasteiger partial charge in [0.1, 0.15) is 0 Å². The van der Waals surface area contributed by atoms with Gasteiger partial charge < -0.3 is 4.57 Å². The number of fused-ring (bicyclic) bond motifs is 3. The maximum Gasteiger partial charge on any atom is 0.0530 e. The monoisotopic (exact) mass is 361 g/mol. The quantitative estimate of drug-likeness (QED) is 0.433. The Morgan fingerprint density at radius 1 is 1.04 bits per heavy atom. The van der Waals surface area contributed by atoms with E-state index in [0.29, 0.717) is 0 Å². The molecule has 0 atom stereocenters. The van der Waals surface area contributed by atoms with Crippen LogP contribution in [0.5, 0.6) is 0 Å². The van der Waals surface area contributed by atoms with E-state index in [1.807, 2.05) is 19.9 Å². The Labute approximate surface area is 165 Å². The summed E-state index contributed by atoms with van der Waals surface area (Å²) in [6.07, 6.45) is 8.57. The van der Waals surface area contributed by atoms with Gasteiger partial charge in [0, 0.05) is 22.8 Å². The maximum absolute atomic E-state index is 4.10. The van der Waals surface area contributed by atoms with Gasteiger partial charge in [-0.2, -0.15) is 0 Å². The van der Waals surface area contributed by atoms with Gasteiger partial charge in [0.05, 0.1) is 5.52 Å². The lowest BCUT2D eigenvalue weighted by Crippen LogP contribution is -2.00. The maximum atomic E-state index is 4.10. The Morgan fingerprint density at radius 3 is 2.30 bits per heavy atom. The zero-order valence-electron chi connectivity index (χ0n) is 18.2. The van der Waals surface area contributed by atoms with Crippen molar-refractivity contribution in [3.05, 3.63) is 58.7 Å². The molecule has 144 valence electrons. The van der Waals surface area contributed by atoms with E-state index >= 15 is 0 Å². The molecule has 1 nitrogen and oxygen atoms in total. The molecule has 3 rings (SSSR count). The molecule has 0 spiro atoms. The first-order valence-electron chi connectivity index (χ1n) is 10.4. The fraction of sp³-hybridized carbons (Fsp3) is 0.385. The third-order valence-electron chi connectivity index (χ3n) is 5.35. The lowest BCUT2D eigenvalue weighted by atomic mass is 9.92. The van der Waals surface area contributed by atoms with Gasteiger partial charge in [-0.25, -0.2) is 0 Å². The van der Waals surface area contributed by atoms with Crippen LogP contribution in [0.25, 0.3) is 34.0 Å². The zero-order valence-corrected chi connectivity index (χ0v) is 18.2. The Hall–Kier alpha value is -2.28. The molecule has 0 aliphatic heterocycles. The van der Waals surface area contributed by atoms with Crippen LogP contribution >= 0.6 is 0 Å². The van der Waals surface area contributed by atoms with Crippen molar-refractivity contribution < 1.29 is 0 Å². The second-order valence-electron chi connectivity index (χ2n) is 6.86. The van der Waals surface area contributed by atoms with Gasteiger partial charge >= 0.3 is 0 Å². The lowest BCUT2D eigenvalue weighted by molar-refractivity contribution is 0.722. The Bertz CT molecular complexity index is 983. The molecule has 0 radical (unpaired) electrons. The van der Waals surface area contributed by atoms with Crippen molar-refractivity contribution in [2.24, 2.45) is 0 Å². The van der Waals surface area contributed by atoms with Crippen molar-refractivity contribution in [2.75, 3.05) is 0 Å². The molecule has 1 heterocycles. The molecule has 0 saturated heterocycles. The summed E-state index contributed by atoms with van der Waals surface area (Å²) < 4.78 is 2.52. The summed E-state index contributed by atoms with van der Waals surface area (Å²) in [5, 5.41) is 2.79. The van der Waals surface area contributed by atoms with Gasteiger partial charge in [0.25, 0.3) is 0 Å². The normalized spacial score (nSPS) is 11.2. The number of allylic oxidation sites excluding steroid dienone is 1. The van der Waals surface area contributed by atoms with Crippen molar-refractivity contribution >= 4 is 34.0 Å². The average Bonchev–Trinajstić information content (AvgIpc) is 3.02.